The Bertz CT molecular complexity index is 1170. The molecule has 1 aromatic heterocycles. The van der Waals surface area contributed by atoms with Crippen LogP contribution in [-0.2, 0) is 9.59 Å². The lowest BCUT2D eigenvalue weighted by Crippen LogP contribution is -2.23. The number of hydrogen-bond donors (Lipinski definition) is 3. The second-order valence-corrected chi connectivity index (χ2v) is 8.43. The quantitative estimate of drug-likeness (QED) is 0.508. The van der Waals surface area contributed by atoms with Gasteiger partial charge in [-0.15, -0.1) is 10.2 Å². The fourth-order valence-corrected chi connectivity index (χ4v) is 3.60. The van der Waals surface area contributed by atoms with E-state index in [1.807, 2.05) is 44.2 Å². The molecule has 0 spiro atoms. The van der Waals surface area contributed by atoms with Crippen molar-refractivity contribution in [3.05, 3.63) is 63.9 Å². The van der Waals surface area contributed by atoms with Gasteiger partial charge in [-0.1, -0.05) is 47.7 Å². The number of para-hydroxylation sites is 1. The predicted molar refractivity (Wildman–Crippen MR) is 122 cm³/mol. The van der Waals surface area contributed by atoms with Crippen LogP contribution in [0.25, 0.3) is 11.3 Å². The Morgan fingerprint density at radius 1 is 1.03 bits per heavy atom. The molecule has 1 atom stereocenters. The monoisotopic (exact) mass is 437 g/mol. The van der Waals surface area contributed by atoms with E-state index in [1.54, 1.807) is 19.1 Å². The number of carbonyl (C=O) groups excluding carboxylic acids is 2. The third kappa shape index (κ3) is 5.58. The number of amides is 2. The maximum atomic E-state index is 12.7. The van der Waals surface area contributed by atoms with Gasteiger partial charge in [0.2, 0.25) is 11.8 Å². The fraction of sp³-hybridized carbons (Fsp3) is 0.227. The van der Waals surface area contributed by atoms with Crippen LogP contribution in [0.5, 0.6) is 0 Å². The summed E-state index contributed by atoms with van der Waals surface area (Å²) in [5, 5.41) is 13.4. The van der Waals surface area contributed by atoms with Gasteiger partial charge in [-0.05, 0) is 38.5 Å². The topological polar surface area (TPSA) is 117 Å². The van der Waals surface area contributed by atoms with E-state index in [0.717, 1.165) is 22.9 Å². The molecule has 1 heterocycles. The first-order valence-corrected chi connectivity index (χ1v) is 10.5. The zero-order valence-electron chi connectivity index (χ0n) is 17.6. The van der Waals surface area contributed by atoms with Gasteiger partial charge in [0.1, 0.15) is 0 Å². The van der Waals surface area contributed by atoms with Gasteiger partial charge in [-0.25, -0.2) is 0 Å². The average Bonchev–Trinajstić information content (AvgIpc) is 2.71. The third-order valence-electron chi connectivity index (χ3n) is 4.48. The summed E-state index contributed by atoms with van der Waals surface area (Å²) in [5.41, 5.74) is 3.22. The maximum absolute atomic E-state index is 12.7. The lowest BCUT2D eigenvalue weighted by atomic mass is 10.1. The summed E-state index contributed by atoms with van der Waals surface area (Å²) < 4.78 is 0. The second kappa shape index (κ2) is 9.57. The molecule has 160 valence electrons. The Hall–Kier alpha value is -3.46. The molecule has 2 amide bonds. The maximum Gasteiger partial charge on any atom is 0.278 e. The Balaban J connectivity index is 1.78. The number of carbonyl (C=O) groups is 2. The van der Waals surface area contributed by atoms with E-state index in [0.29, 0.717) is 16.9 Å². The van der Waals surface area contributed by atoms with Crippen molar-refractivity contribution < 1.29 is 9.59 Å². The first-order valence-electron chi connectivity index (χ1n) is 9.63. The fourth-order valence-electron chi connectivity index (χ4n) is 2.86. The molecule has 0 aliphatic rings. The van der Waals surface area contributed by atoms with Gasteiger partial charge in [0.25, 0.3) is 5.56 Å². The van der Waals surface area contributed by atoms with Gasteiger partial charge in [0.05, 0.1) is 10.9 Å². The molecule has 0 unspecified atom stereocenters. The Morgan fingerprint density at radius 3 is 2.39 bits per heavy atom. The summed E-state index contributed by atoms with van der Waals surface area (Å²) in [6, 6.07) is 12.8. The number of aromatic nitrogens is 3. The van der Waals surface area contributed by atoms with Crippen LogP contribution in [0.15, 0.2) is 52.4 Å². The largest absolute Gasteiger partial charge is 0.325 e. The van der Waals surface area contributed by atoms with Gasteiger partial charge < -0.3 is 10.6 Å². The molecule has 0 aliphatic heterocycles. The molecule has 9 heteroatoms. The molecular weight excluding hydrogens is 414 g/mol. The number of benzene rings is 2. The van der Waals surface area contributed by atoms with Crippen molar-refractivity contribution in [2.24, 2.45) is 0 Å². The van der Waals surface area contributed by atoms with Gasteiger partial charge in [-0.3, -0.25) is 19.4 Å². The van der Waals surface area contributed by atoms with Crippen LogP contribution in [0.1, 0.15) is 25.0 Å². The van der Waals surface area contributed by atoms with E-state index >= 15 is 0 Å². The zero-order chi connectivity index (χ0) is 22.5. The first kappa shape index (κ1) is 22.2. The number of nitrogens with one attached hydrogen (secondary N) is 3. The minimum Gasteiger partial charge on any atom is -0.325 e. The minimum absolute atomic E-state index is 0.0913. The number of hydrogen-bond acceptors (Lipinski definition) is 6. The molecule has 0 aliphatic carbocycles. The zero-order valence-corrected chi connectivity index (χ0v) is 18.5. The molecule has 31 heavy (non-hydrogen) atoms. The van der Waals surface area contributed by atoms with Crippen molar-refractivity contribution in [1.29, 1.82) is 0 Å². The summed E-state index contributed by atoms with van der Waals surface area (Å²) >= 11 is 1.10. The summed E-state index contributed by atoms with van der Waals surface area (Å²) in [5.74, 6) is -0.465. The standard InChI is InChI=1S/C22H23N5O3S/c1-12-8-10-16(11-9-12)24-20(29)14(3)31-22-25-21(30)19(26-27-22)17-7-5-6-13(2)18(17)23-15(4)28/h5-11,14H,1-4H3,(H,23,28)(H,24,29)(H,25,27,30)/t14-/m0/s1. The van der Waals surface area contributed by atoms with Gasteiger partial charge in [0, 0.05) is 18.2 Å². The highest BCUT2D eigenvalue weighted by molar-refractivity contribution is 8.00. The summed E-state index contributed by atoms with van der Waals surface area (Å²) in [7, 11) is 0. The Kier molecular flexibility index (Phi) is 6.86. The van der Waals surface area contributed by atoms with Crippen molar-refractivity contribution in [3.8, 4) is 11.3 Å². The van der Waals surface area contributed by atoms with Crippen LogP contribution in [0.2, 0.25) is 0 Å². The predicted octanol–water partition coefficient (Wildman–Crippen LogP) is 3.53. The van der Waals surface area contributed by atoms with E-state index in [9.17, 15) is 14.4 Å². The van der Waals surface area contributed by atoms with Crippen LogP contribution >= 0.6 is 11.8 Å². The molecule has 0 saturated carbocycles. The molecule has 0 saturated heterocycles. The van der Waals surface area contributed by atoms with Gasteiger partial charge >= 0.3 is 0 Å². The Labute approximate surface area is 183 Å². The van der Waals surface area contributed by atoms with E-state index in [1.165, 1.54) is 6.92 Å². The average molecular weight is 438 g/mol. The highest BCUT2D eigenvalue weighted by Gasteiger charge is 2.19. The van der Waals surface area contributed by atoms with Crippen molar-refractivity contribution in [2.45, 2.75) is 38.1 Å². The van der Waals surface area contributed by atoms with Crippen molar-refractivity contribution in [3.63, 3.8) is 0 Å². The molecule has 0 bridgehead atoms. The van der Waals surface area contributed by atoms with Crippen molar-refractivity contribution in [2.75, 3.05) is 10.6 Å². The van der Waals surface area contributed by atoms with Crippen LogP contribution < -0.4 is 16.2 Å². The summed E-state index contributed by atoms with van der Waals surface area (Å²) in [6.45, 7) is 6.92. The van der Waals surface area contributed by atoms with Crippen LogP contribution in [0.4, 0.5) is 11.4 Å². The van der Waals surface area contributed by atoms with E-state index < -0.39 is 10.8 Å². The third-order valence-corrected chi connectivity index (χ3v) is 5.46. The van der Waals surface area contributed by atoms with Crippen molar-refractivity contribution in [1.82, 2.24) is 15.2 Å². The van der Waals surface area contributed by atoms with Crippen LogP contribution in [-0.4, -0.2) is 32.2 Å². The smallest absolute Gasteiger partial charge is 0.278 e. The van der Waals surface area contributed by atoms with Gasteiger partial charge in [-0.2, -0.15) is 0 Å². The number of rotatable bonds is 6. The lowest BCUT2D eigenvalue weighted by molar-refractivity contribution is -0.115. The first-order chi connectivity index (χ1) is 14.7. The molecule has 0 radical (unpaired) electrons. The Morgan fingerprint density at radius 2 is 1.74 bits per heavy atom. The number of thioether (sulfide) groups is 1. The number of nitrogens with zero attached hydrogens (tertiary/aromatic N) is 2. The number of anilines is 2. The number of H-pyrrole nitrogens is 1. The van der Waals surface area contributed by atoms with Crippen LogP contribution in [0.3, 0.4) is 0 Å². The highest BCUT2D eigenvalue weighted by atomic mass is 32.2. The lowest BCUT2D eigenvalue weighted by Gasteiger charge is -2.13. The van der Waals surface area contributed by atoms with E-state index in [-0.39, 0.29) is 22.7 Å². The second-order valence-electron chi connectivity index (χ2n) is 7.10. The van der Waals surface area contributed by atoms with Gasteiger partial charge in [0.15, 0.2) is 10.9 Å². The molecule has 3 rings (SSSR count). The minimum atomic E-state index is -0.508. The molecule has 8 nitrogen and oxygen atoms in total. The SMILES string of the molecule is CC(=O)Nc1c(C)cccc1-c1nnc(S[C@@H](C)C(=O)Nc2ccc(C)cc2)[nH]c1=O. The molecule has 3 N–H and O–H groups in total. The number of aryl methyl sites for hydroxylation is 2. The van der Waals surface area contributed by atoms with E-state index in [4.69, 9.17) is 0 Å². The summed E-state index contributed by atoms with van der Waals surface area (Å²) in [6.07, 6.45) is 0. The van der Waals surface area contributed by atoms with Crippen LogP contribution in [0, 0.1) is 13.8 Å². The highest BCUT2D eigenvalue weighted by Crippen LogP contribution is 2.28. The van der Waals surface area contributed by atoms with Crippen molar-refractivity contribution >= 4 is 35.0 Å². The molecule has 2 aromatic carbocycles. The molecule has 0 fully saturated rings. The molecule has 3 aromatic rings. The normalized spacial score (nSPS) is 11.6. The molecular formula is C22H23N5O3S. The summed E-state index contributed by atoms with van der Waals surface area (Å²) in [4.78, 5) is 39.3. The number of aromatic amines is 1. The van der Waals surface area contributed by atoms with E-state index in [2.05, 4.69) is 25.8 Å².